The molecule has 136 valence electrons. The van der Waals surface area contributed by atoms with Crippen LogP contribution in [0, 0.1) is 6.92 Å². The number of halogens is 1. The van der Waals surface area contributed by atoms with E-state index in [1.807, 2.05) is 25.3 Å². The molecule has 0 radical (unpaired) electrons. The Kier molecular flexibility index (Phi) is 4.37. The van der Waals surface area contributed by atoms with E-state index in [1.165, 1.54) is 0 Å². The van der Waals surface area contributed by atoms with E-state index in [4.69, 9.17) is 11.6 Å². The van der Waals surface area contributed by atoms with Gasteiger partial charge < -0.3 is 15.6 Å². The van der Waals surface area contributed by atoms with Gasteiger partial charge in [-0.15, -0.1) is 0 Å². The molecule has 8 heteroatoms. The first-order valence-corrected chi connectivity index (χ1v) is 8.79. The summed E-state index contributed by atoms with van der Waals surface area (Å²) in [5, 5.41) is 7.35. The summed E-state index contributed by atoms with van der Waals surface area (Å²) in [6.07, 6.45) is 3.57. The highest BCUT2D eigenvalue weighted by Gasteiger charge is 2.14. The van der Waals surface area contributed by atoms with Crippen LogP contribution >= 0.6 is 11.6 Å². The highest BCUT2D eigenvalue weighted by Crippen LogP contribution is 2.26. The third-order valence-corrected chi connectivity index (χ3v) is 4.63. The maximum atomic E-state index is 12.1. The Bertz CT molecular complexity index is 1170. The molecule has 3 heterocycles. The van der Waals surface area contributed by atoms with Gasteiger partial charge in [0, 0.05) is 25.2 Å². The third kappa shape index (κ3) is 3.17. The number of hydrogen-bond acceptors (Lipinski definition) is 5. The number of benzene rings is 1. The lowest BCUT2D eigenvalue weighted by Gasteiger charge is -2.10. The van der Waals surface area contributed by atoms with E-state index in [1.54, 1.807) is 25.4 Å². The maximum Gasteiger partial charge on any atom is 0.253 e. The smallest absolute Gasteiger partial charge is 0.253 e. The minimum Gasteiger partial charge on any atom is -0.365 e. The van der Waals surface area contributed by atoms with E-state index in [-0.39, 0.29) is 5.91 Å². The van der Waals surface area contributed by atoms with E-state index in [9.17, 15) is 4.79 Å². The van der Waals surface area contributed by atoms with Crippen LogP contribution in [0.2, 0.25) is 5.15 Å². The Morgan fingerprint density at radius 2 is 2.07 bits per heavy atom. The number of H-pyrrole nitrogens is 1. The zero-order valence-electron chi connectivity index (χ0n) is 14.8. The van der Waals surface area contributed by atoms with Crippen LogP contribution in [0.4, 0.5) is 5.82 Å². The molecule has 0 saturated carbocycles. The van der Waals surface area contributed by atoms with Gasteiger partial charge in [-0.05, 0) is 36.2 Å². The zero-order chi connectivity index (χ0) is 19.0. The van der Waals surface area contributed by atoms with E-state index >= 15 is 0 Å². The Morgan fingerprint density at radius 3 is 2.89 bits per heavy atom. The average molecular weight is 381 g/mol. The van der Waals surface area contributed by atoms with Crippen LogP contribution in [0.15, 0.2) is 36.7 Å². The number of anilines is 1. The molecule has 7 nitrogen and oxygen atoms in total. The molecule has 0 aliphatic rings. The lowest BCUT2D eigenvalue weighted by Crippen LogP contribution is -2.18. The maximum absolute atomic E-state index is 12.1. The van der Waals surface area contributed by atoms with Crippen LogP contribution in [0.25, 0.3) is 22.1 Å². The van der Waals surface area contributed by atoms with Gasteiger partial charge in [-0.2, -0.15) is 0 Å². The molecule has 0 atom stereocenters. The van der Waals surface area contributed by atoms with Gasteiger partial charge in [0.05, 0.1) is 17.3 Å². The zero-order valence-corrected chi connectivity index (χ0v) is 15.6. The molecule has 0 bridgehead atoms. The first-order chi connectivity index (χ1) is 13.1. The molecule has 3 N–H and O–H groups in total. The third-order valence-electron chi connectivity index (χ3n) is 4.42. The van der Waals surface area contributed by atoms with Gasteiger partial charge in [0.25, 0.3) is 5.91 Å². The normalized spacial score (nSPS) is 11.1. The number of nitrogens with zero attached hydrogens (tertiary/aromatic N) is 3. The van der Waals surface area contributed by atoms with Crippen molar-refractivity contribution in [2.24, 2.45) is 0 Å². The first kappa shape index (κ1) is 17.2. The van der Waals surface area contributed by atoms with Crippen molar-refractivity contribution in [3.63, 3.8) is 0 Å². The van der Waals surface area contributed by atoms with Gasteiger partial charge >= 0.3 is 0 Å². The highest BCUT2D eigenvalue weighted by molar-refractivity contribution is 6.29. The van der Waals surface area contributed by atoms with Gasteiger partial charge in [-0.3, -0.25) is 4.79 Å². The number of rotatable bonds is 4. The van der Waals surface area contributed by atoms with Gasteiger partial charge in [0.2, 0.25) is 0 Å². The molecular weight excluding hydrogens is 364 g/mol. The predicted molar refractivity (Wildman–Crippen MR) is 106 cm³/mol. The van der Waals surface area contributed by atoms with Gasteiger partial charge in [-0.25, -0.2) is 15.0 Å². The fourth-order valence-corrected chi connectivity index (χ4v) is 3.26. The fourth-order valence-electron chi connectivity index (χ4n) is 3.12. The number of aryl methyl sites for hydroxylation is 1. The van der Waals surface area contributed by atoms with Crippen molar-refractivity contribution >= 4 is 45.4 Å². The monoisotopic (exact) mass is 380 g/mol. The highest BCUT2D eigenvalue weighted by atomic mass is 35.5. The summed E-state index contributed by atoms with van der Waals surface area (Å²) in [6, 6.07) is 7.24. The van der Waals surface area contributed by atoms with Crippen LogP contribution in [0.1, 0.15) is 21.5 Å². The summed E-state index contributed by atoms with van der Waals surface area (Å²) in [5.41, 5.74) is 4.75. The molecule has 4 rings (SSSR count). The molecule has 0 aliphatic heterocycles. The molecule has 0 saturated heterocycles. The number of hydrogen-bond donors (Lipinski definition) is 3. The second kappa shape index (κ2) is 6.85. The largest absolute Gasteiger partial charge is 0.365 e. The van der Waals surface area contributed by atoms with Crippen molar-refractivity contribution in [1.82, 2.24) is 25.3 Å². The Morgan fingerprint density at radius 1 is 1.22 bits per heavy atom. The number of fused-ring (bicyclic) bond motifs is 2. The van der Waals surface area contributed by atoms with Crippen molar-refractivity contribution in [1.29, 1.82) is 0 Å². The Labute approximate surface area is 160 Å². The summed E-state index contributed by atoms with van der Waals surface area (Å²) in [4.78, 5) is 28.3. The summed E-state index contributed by atoms with van der Waals surface area (Å²) < 4.78 is 0. The van der Waals surface area contributed by atoms with Crippen LogP contribution in [0.5, 0.6) is 0 Å². The molecule has 0 fully saturated rings. The topological polar surface area (TPSA) is 95.6 Å². The number of pyridine rings is 1. The number of aromatic nitrogens is 4. The Hall–Kier alpha value is -3.19. The molecule has 0 spiro atoms. The second-order valence-electron chi connectivity index (χ2n) is 6.16. The SMILES string of the molecule is CNC(=O)c1ccc(CNc2cnc3ccc(Cl)nc3n2)c2c(C)c[nH]c12. The van der Waals surface area contributed by atoms with Crippen molar-refractivity contribution in [2.45, 2.75) is 13.5 Å². The molecule has 27 heavy (non-hydrogen) atoms. The minimum absolute atomic E-state index is 0.121. The van der Waals surface area contributed by atoms with Crippen molar-refractivity contribution in [3.8, 4) is 0 Å². The summed E-state index contributed by atoms with van der Waals surface area (Å²) in [6.45, 7) is 2.54. The van der Waals surface area contributed by atoms with Crippen molar-refractivity contribution in [3.05, 3.63) is 58.5 Å². The number of aromatic amines is 1. The van der Waals surface area contributed by atoms with E-state index < -0.39 is 0 Å². The number of amides is 1. The van der Waals surface area contributed by atoms with Crippen LogP contribution in [0.3, 0.4) is 0 Å². The van der Waals surface area contributed by atoms with E-state index in [2.05, 4.69) is 30.6 Å². The number of nitrogens with one attached hydrogen (secondary N) is 3. The van der Waals surface area contributed by atoms with Crippen LogP contribution < -0.4 is 10.6 Å². The quantitative estimate of drug-likeness (QED) is 0.471. The standard InChI is InChI=1S/C19H17ClN6O/c1-10-7-24-17-12(19(27)21-2)4-3-11(16(10)17)8-23-15-9-22-13-5-6-14(20)25-18(13)26-15/h3-7,9,24H,8H2,1-2H3,(H,21,27)(H,23,25,26). The fraction of sp³-hybridized carbons (Fsp3) is 0.158. The number of carbonyl (C=O) groups excluding carboxylic acids is 1. The molecule has 4 aromatic rings. The molecule has 1 aromatic carbocycles. The molecular formula is C19H17ClN6O. The lowest BCUT2D eigenvalue weighted by atomic mass is 10.0. The van der Waals surface area contributed by atoms with Crippen molar-refractivity contribution in [2.75, 3.05) is 12.4 Å². The average Bonchev–Trinajstić information content (AvgIpc) is 3.07. The van der Waals surface area contributed by atoms with Gasteiger partial charge in [0.15, 0.2) is 5.65 Å². The predicted octanol–water partition coefficient (Wildman–Crippen LogP) is 3.44. The first-order valence-electron chi connectivity index (χ1n) is 8.41. The molecule has 0 unspecified atom stereocenters. The van der Waals surface area contributed by atoms with Gasteiger partial charge in [-0.1, -0.05) is 17.7 Å². The second-order valence-corrected chi connectivity index (χ2v) is 6.55. The summed E-state index contributed by atoms with van der Waals surface area (Å²) in [7, 11) is 1.62. The van der Waals surface area contributed by atoms with Crippen LogP contribution in [-0.2, 0) is 6.54 Å². The summed E-state index contributed by atoms with van der Waals surface area (Å²) in [5.74, 6) is 0.485. The van der Waals surface area contributed by atoms with Crippen LogP contribution in [-0.4, -0.2) is 32.9 Å². The minimum atomic E-state index is -0.121. The van der Waals surface area contributed by atoms with Crippen molar-refractivity contribution < 1.29 is 4.79 Å². The molecule has 1 amide bonds. The number of carbonyl (C=O) groups is 1. The molecule has 0 aliphatic carbocycles. The Balaban J connectivity index is 1.66. The van der Waals surface area contributed by atoms with E-state index in [0.717, 1.165) is 22.0 Å². The summed E-state index contributed by atoms with van der Waals surface area (Å²) >= 11 is 5.93. The van der Waals surface area contributed by atoms with E-state index in [0.29, 0.717) is 34.2 Å². The lowest BCUT2D eigenvalue weighted by molar-refractivity contribution is 0.0964. The van der Waals surface area contributed by atoms with Gasteiger partial charge in [0.1, 0.15) is 16.5 Å². The molecule has 3 aromatic heterocycles.